The molecule has 2 aromatic carbocycles. The van der Waals surface area contributed by atoms with Crippen LogP contribution in [0, 0.1) is 0 Å². The summed E-state index contributed by atoms with van der Waals surface area (Å²) in [7, 11) is 0. The van der Waals surface area contributed by atoms with Crippen molar-refractivity contribution in [2.45, 2.75) is 19.6 Å². The summed E-state index contributed by atoms with van der Waals surface area (Å²) in [5.41, 5.74) is 3.78. The van der Waals surface area contributed by atoms with E-state index in [4.69, 9.17) is 4.74 Å². The standard InChI is InChI=1S/C19H19N3O2/c23-19(20-9-8-14-4-2-1-3-5-14)15-6-7-17-16(12-15)21-18-13-24-11-10-22(17)18/h1-7,12H,8-11,13H2,(H,20,23). The SMILES string of the molecule is O=C(NCCc1ccccc1)c1ccc2c(c1)nc1n2CCOC1. The lowest BCUT2D eigenvalue weighted by Crippen LogP contribution is -2.25. The highest BCUT2D eigenvalue weighted by atomic mass is 16.5. The monoisotopic (exact) mass is 321 g/mol. The molecule has 0 saturated carbocycles. The van der Waals surface area contributed by atoms with Crippen LogP contribution in [0.3, 0.4) is 0 Å². The summed E-state index contributed by atoms with van der Waals surface area (Å²) in [5, 5.41) is 2.98. The summed E-state index contributed by atoms with van der Waals surface area (Å²) in [6.07, 6.45) is 0.824. The van der Waals surface area contributed by atoms with Crippen LogP contribution in [0.2, 0.25) is 0 Å². The molecule has 1 aliphatic heterocycles. The molecule has 0 fully saturated rings. The zero-order chi connectivity index (χ0) is 16.4. The Morgan fingerprint density at radius 3 is 2.96 bits per heavy atom. The number of rotatable bonds is 4. The summed E-state index contributed by atoms with van der Waals surface area (Å²) in [4.78, 5) is 16.9. The second-order valence-electron chi connectivity index (χ2n) is 5.93. The first kappa shape index (κ1) is 14.9. The Morgan fingerprint density at radius 1 is 1.21 bits per heavy atom. The van der Waals surface area contributed by atoms with Crippen molar-refractivity contribution >= 4 is 16.9 Å². The highest BCUT2D eigenvalue weighted by Crippen LogP contribution is 2.20. The van der Waals surface area contributed by atoms with Crippen molar-refractivity contribution in [2.24, 2.45) is 0 Å². The normalized spacial score (nSPS) is 13.7. The third kappa shape index (κ3) is 2.90. The molecular weight excluding hydrogens is 302 g/mol. The van der Waals surface area contributed by atoms with Gasteiger partial charge in [-0.25, -0.2) is 4.98 Å². The number of aromatic nitrogens is 2. The summed E-state index contributed by atoms with van der Waals surface area (Å²) in [6.45, 7) is 2.68. The van der Waals surface area contributed by atoms with Gasteiger partial charge < -0.3 is 14.6 Å². The van der Waals surface area contributed by atoms with E-state index in [9.17, 15) is 4.79 Å². The Morgan fingerprint density at radius 2 is 2.08 bits per heavy atom. The number of carbonyl (C=O) groups is 1. The minimum Gasteiger partial charge on any atom is -0.372 e. The molecule has 5 nitrogen and oxygen atoms in total. The number of carbonyl (C=O) groups excluding carboxylic acids is 1. The van der Waals surface area contributed by atoms with Gasteiger partial charge in [0, 0.05) is 18.7 Å². The van der Waals surface area contributed by atoms with Gasteiger partial charge in [0.1, 0.15) is 12.4 Å². The van der Waals surface area contributed by atoms with E-state index >= 15 is 0 Å². The third-order valence-electron chi connectivity index (χ3n) is 4.32. The molecule has 122 valence electrons. The van der Waals surface area contributed by atoms with E-state index in [0.29, 0.717) is 25.3 Å². The van der Waals surface area contributed by atoms with Crippen LogP contribution < -0.4 is 5.32 Å². The van der Waals surface area contributed by atoms with Gasteiger partial charge in [-0.1, -0.05) is 30.3 Å². The van der Waals surface area contributed by atoms with Crippen LogP contribution in [0.25, 0.3) is 11.0 Å². The van der Waals surface area contributed by atoms with E-state index in [2.05, 4.69) is 27.0 Å². The number of benzene rings is 2. The van der Waals surface area contributed by atoms with Gasteiger partial charge in [0.15, 0.2) is 0 Å². The highest BCUT2D eigenvalue weighted by molar-refractivity contribution is 5.97. The molecule has 1 amide bonds. The number of amides is 1. The van der Waals surface area contributed by atoms with E-state index in [1.54, 1.807) is 0 Å². The lowest BCUT2D eigenvalue weighted by Gasteiger charge is -2.14. The van der Waals surface area contributed by atoms with Crippen molar-refractivity contribution in [3.8, 4) is 0 Å². The maximum Gasteiger partial charge on any atom is 0.251 e. The fourth-order valence-corrected chi connectivity index (χ4v) is 3.07. The Labute approximate surface area is 140 Å². The Kier molecular flexibility index (Phi) is 4.01. The quantitative estimate of drug-likeness (QED) is 0.803. The van der Waals surface area contributed by atoms with Crippen LogP contribution in [-0.2, 0) is 24.3 Å². The van der Waals surface area contributed by atoms with Crippen LogP contribution in [0.5, 0.6) is 0 Å². The van der Waals surface area contributed by atoms with Gasteiger partial charge in [0.25, 0.3) is 5.91 Å². The number of nitrogens with one attached hydrogen (secondary N) is 1. The zero-order valence-corrected chi connectivity index (χ0v) is 13.4. The predicted octanol–water partition coefficient (Wildman–Crippen LogP) is 2.54. The van der Waals surface area contributed by atoms with E-state index in [1.807, 2.05) is 36.4 Å². The molecule has 24 heavy (non-hydrogen) atoms. The summed E-state index contributed by atoms with van der Waals surface area (Å²) in [5.74, 6) is 0.868. The zero-order valence-electron chi connectivity index (χ0n) is 13.4. The summed E-state index contributed by atoms with van der Waals surface area (Å²) >= 11 is 0. The van der Waals surface area contributed by atoms with Crippen LogP contribution in [-0.4, -0.2) is 28.6 Å². The lowest BCUT2D eigenvalue weighted by atomic mass is 10.1. The fraction of sp³-hybridized carbons (Fsp3) is 0.263. The smallest absolute Gasteiger partial charge is 0.251 e. The number of imidazole rings is 1. The average Bonchev–Trinajstić information content (AvgIpc) is 3.00. The Bertz CT molecular complexity index is 871. The molecule has 0 bridgehead atoms. The van der Waals surface area contributed by atoms with Gasteiger partial charge in [-0.2, -0.15) is 0 Å². The minimum atomic E-state index is -0.0601. The molecule has 1 aromatic heterocycles. The fourth-order valence-electron chi connectivity index (χ4n) is 3.07. The van der Waals surface area contributed by atoms with Gasteiger partial charge in [0.05, 0.1) is 17.6 Å². The molecule has 1 N–H and O–H groups in total. The van der Waals surface area contributed by atoms with Crippen LogP contribution in [0.15, 0.2) is 48.5 Å². The molecule has 0 unspecified atom stereocenters. The summed E-state index contributed by atoms with van der Waals surface area (Å²) in [6, 6.07) is 15.8. The minimum absolute atomic E-state index is 0.0601. The van der Waals surface area contributed by atoms with Gasteiger partial charge in [-0.3, -0.25) is 4.79 Å². The molecule has 4 rings (SSSR count). The topological polar surface area (TPSA) is 56.2 Å². The van der Waals surface area contributed by atoms with E-state index in [0.717, 1.165) is 29.8 Å². The number of fused-ring (bicyclic) bond motifs is 3. The largest absolute Gasteiger partial charge is 0.372 e. The van der Waals surface area contributed by atoms with Crippen molar-refractivity contribution < 1.29 is 9.53 Å². The molecule has 0 aliphatic carbocycles. The molecular formula is C19H19N3O2. The van der Waals surface area contributed by atoms with E-state index < -0.39 is 0 Å². The van der Waals surface area contributed by atoms with Crippen LogP contribution >= 0.6 is 0 Å². The number of hydrogen-bond donors (Lipinski definition) is 1. The first-order valence-corrected chi connectivity index (χ1v) is 8.20. The average molecular weight is 321 g/mol. The second-order valence-corrected chi connectivity index (χ2v) is 5.93. The van der Waals surface area contributed by atoms with Gasteiger partial charge >= 0.3 is 0 Å². The van der Waals surface area contributed by atoms with Gasteiger partial charge in [0.2, 0.25) is 0 Å². The maximum absolute atomic E-state index is 12.4. The molecule has 5 heteroatoms. The number of ether oxygens (including phenoxy) is 1. The molecule has 1 aliphatic rings. The van der Waals surface area contributed by atoms with Crippen molar-refractivity contribution in [3.05, 3.63) is 65.5 Å². The van der Waals surface area contributed by atoms with Crippen LogP contribution in [0.1, 0.15) is 21.7 Å². The Balaban J connectivity index is 1.46. The molecule has 0 saturated heterocycles. The van der Waals surface area contributed by atoms with E-state index in [-0.39, 0.29) is 5.91 Å². The van der Waals surface area contributed by atoms with Crippen LogP contribution in [0.4, 0.5) is 0 Å². The Hall–Kier alpha value is -2.66. The van der Waals surface area contributed by atoms with Crippen molar-refractivity contribution in [1.82, 2.24) is 14.9 Å². The molecule has 0 spiro atoms. The highest BCUT2D eigenvalue weighted by Gasteiger charge is 2.16. The number of nitrogens with zero attached hydrogens (tertiary/aromatic N) is 2. The second kappa shape index (κ2) is 6.45. The van der Waals surface area contributed by atoms with Crippen molar-refractivity contribution in [2.75, 3.05) is 13.2 Å². The number of hydrogen-bond acceptors (Lipinski definition) is 3. The third-order valence-corrected chi connectivity index (χ3v) is 4.32. The molecule has 3 aromatic rings. The van der Waals surface area contributed by atoms with E-state index in [1.165, 1.54) is 5.56 Å². The maximum atomic E-state index is 12.4. The molecule has 0 atom stereocenters. The first-order valence-electron chi connectivity index (χ1n) is 8.20. The van der Waals surface area contributed by atoms with Crippen molar-refractivity contribution in [3.63, 3.8) is 0 Å². The molecule has 2 heterocycles. The lowest BCUT2D eigenvalue weighted by molar-refractivity contribution is 0.0830. The predicted molar refractivity (Wildman–Crippen MR) is 91.9 cm³/mol. The summed E-state index contributed by atoms with van der Waals surface area (Å²) < 4.78 is 7.60. The first-order chi connectivity index (χ1) is 11.8. The van der Waals surface area contributed by atoms with Gasteiger partial charge in [-0.15, -0.1) is 0 Å². The van der Waals surface area contributed by atoms with Gasteiger partial charge in [-0.05, 0) is 30.2 Å². The molecule has 0 radical (unpaired) electrons. The van der Waals surface area contributed by atoms with Crippen molar-refractivity contribution in [1.29, 1.82) is 0 Å².